The first-order valence-corrected chi connectivity index (χ1v) is 4.85. The minimum Gasteiger partial charge on any atom is -0.458 e. The number of rotatable bonds is 2. The van der Waals surface area contributed by atoms with Crippen molar-refractivity contribution in [1.29, 1.82) is 0 Å². The van der Waals surface area contributed by atoms with Crippen molar-refractivity contribution in [2.75, 3.05) is 0 Å². The maximum atomic E-state index is 9.81. The van der Waals surface area contributed by atoms with Gasteiger partial charge in [0.05, 0.1) is 0 Å². The summed E-state index contributed by atoms with van der Waals surface area (Å²) in [4.78, 5) is 0. The number of hydrogen-bond acceptors (Lipinski definition) is 2. The SMILES string of the molecule is CC(C)C(O)c1cc2ccccc2o1. The van der Waals surface area contributed by atoms with Gasteiger partial charge in [-0.05, 0) is 18.1 Å². The number of para-hydroxylation sites is 1. The van der Waals surface area contributed by atoms with Gasteiger partial charge in [0.15, 0.2) is 0 Å². The van der Waals surface area contributed by atoms with E-state index in [0.29, 0.717) is 5.76 Å². The lowest BCUT2D eigenvalue weighted by Gasteiger charge is -2.10. The van der Waals surface area contributed by atoms with Gasteiger partial charge in [0.1, 0.15) is 17.4 Å². The van der Waals surface area contributed by atoms with E-state index < -0.39 is 6.10 Å². The van der Waals surface area contributed by atoms with E-state index in [9.17, 15) is 5.11 Å². The van der Waals surface area contributed by atoms with Crippen LogP contribution >= 0.6 is 0 Å². The summed E-state index contributed by atoms with van der Waals surface area (Å²) >= 11 is 0. The maximum Gasteiger partial charge on any atom is 0.134 e. The van der Waals surface area contributed by atoms with E-state index in [2.05, 4.69) is 0 Å². The quantitative estimate of drug-likeness (QED) is 0.789. The van der Waals surface area contributed by atoms with Gasteiger partial charge in [-0.1, -0.05) is 32.0 Å². The third-order valence-corrected chi connectivity index (χ3v) is 2.37. The molecule has 0 fully saturated rings. The minimum absolute atomic E-state index is 0.176. The number of furan rings is 1. The number of fused-ring (bicyclic) bond motifs is 1. The van der Waals surface area contributed by atoms with Gasteiger partial charge in [0.2, 0.25) is 0 Å². The summed E-state index contributed by atoms with van der Waals surface area (Å²) < 4.78 is 5.54. The Hall–Kier alpha value is -1.28. The second kappa shape index (κ2) is 3.46. The van der Waals surface area contributed by atoms with Gasteiger partial charge in [-0.3, -0.25) is 0 Å². The van der Waals surface area contributed by atoms with Crippen molar-refractivity contribution in [2.24, 2.45) is 5.92 Å². The molecule has 0 saturated heterocycles. The molecule has 0 saturated carbocycles. The summed E-state index contributed by atoms with van der Waals surface area (Å²) in [5.41, 5.74) is 0.835. The normalized spacial score (nSPS) is 13.7. The first-order valence-electron chi connectivity index (χ1n) is 4.85. The Morgan fingerprint density at radius 1 is 1.21 bits per heavy atom. The molecule has 0 radical (unpaired) electrons. The van der Waals surface area contributed by atoms with Crippen LogP contribution in [0.15, 0.2) is 34.7 Å². The molecule has 0 aliphatic heterocycles. The Morgan fingerprint density at radius 2 is 1.93 bits per heavy atom. The van der Waals surface area contributed by atoms with Crippen LogP contribution in [0.25, 0.3) is 11.0 Å². The van der Waals surface area contributed by atoms with Gasteiger partial charge in [-0.15, -0.1) is 0 Å². The van der Waals surface area contributed by atoms with Crippen molar-refractivity contribution >= 4 is 11.0 Å². The summed E-state index contributed by atoms with van der Waals surface area (Å²) in [7, 11) is 0. The van der Waals surface area contributed by atoms with Crippen molar-refractivity contribution < 1.29 is 9.52 Å². The Labute approximate surface area is 83.2 Å². The van der Waals surface area contributed by atoms with E-state index in [0.717, 1.165) is 11.0 Å². The Balaban J connectivity index is 2.45. The zero-order valence-electron chi connectivity index (χ0n) is 8.40. The Bertz CT molecular complexity index is 396. The molecule has 0 spiro atoms. The van der Waals surface area contributed by atoms with E-state index >= 15 is 0 Å². The van der Waals surface area contributed by atoms with Gasteiger partial charge < -0.3 is 9.52 Å². The third kappa shape index (κ3) is 1.53. The fraction of sp³-hybridized carbons (Fsp3) is 0.333. The molecule has 14 heavy (non-hydrogen) atoms. The number of aliphatic hydroxyl groups excluding tert-OH is 1. The number of hydrogen-bond donors (Lipinski definition) is 1. The maximum absolute atomic E-state index is 9.81. The molecule has 2 aromatic rings. The minimum atomic E-state index is -0.512. The van der Waals surface area contributed by atoms with Crippen LogP contribution in [0.1, 0.15) is 25.7 Å². The van der Waals surface area contributed by atoms with Gasteiger partial charge >= 0.3 is 0 Å². The summed E-state index contributed by atoms with van der Waals surface area (Å²) in [6.07, 6.45) is -0.512. The van der Waals surface area contributed by atoms with Crippen LogP contribution in [0.2, 0.25) is 0 Å². The van der Waals surface area contributed by atoms with Gasteiger partial charge in [0.25, 0.3) is 0 Å². The molecular formula is C12H14O2. The summed E-state index contributed by atoms with van der Waals surface area (Å²) in [5, 5.41) is 10.8. The van der Waals surface area contributed by atoms with Crippen LogP contribution < -0.4 is 0 Å². The van der Waals surface area contributed by atoms with Crippen molar-refractivity contribution in [1.82, 2.24) is 0 Å². The molecule has 1 atom stereocenters. The molecule has 0 aliphatic carbocycles. The second-order valence-corrected chi connectivity index (χ2v) is 3.88. The number of aliphatic hydroxyl groups is 1. The summed E-state index contributed by atoms with van der Waals surface area (Å²) in [6, 6.07) is 9.68. The Morgan fingerprint density at radius 3 is 2.57 bits per heavy atom. The molecule has 1 aromatic heterocycles. The first-order chi connectivity index (χ1) is 6.68. The molecule has 74 valence electrons. The predicted molar refractivity (Wildman–Crippen MR) is 56.0 cm³/mol. The van der Waals surface area contributed by atoms with Gasteiger partial charge in [-0.25, -0.2) is 0 Å². The molecule has 1 N–H and O–H groups in total. The largest absolute Gasteiger partial charge is 0.458 e. The third-order valence-electron chi connectivity index (χ3n) is 2.37. The van der Waals surface area contributed by atoms with Crippen LogP contribution in [-0.2, 0) is 0 Å². The highest BCUT2D eigenvalue weighted by molar-refractivity contribution is 5.77. The zero-order chi connectivity index (χ0) is 10.1. The monoisotopic (exact) mass is 190 g/mol. The lowest BCUT2D eigenvalue weighted by Crippen LogP contribution is -2.03. The molecule has 2 heteroatoms. The van der Waals surface area contributed by atoms with Crippen molar-refractivity contribution in [3.63, 3.8) is 0 Å². The molecule has 1 unspecified atom stereocenters. The van der Waals surface area contributed by atoms with Crippen LogP contribution in [0, 0.1) is 5.92 Å². The molecular weight excluding hydrogens is 176 g/mol. The Kier molecular flexibility index (Phi) is 2.30. The molecule has 2 nitrogen and oxygen atoms in total. The van der Waals surface area contributed by atoms with E-state index in [1.54, 1.807) is 0 Å². The van der Waals surface area contributed by atoms with Gasteiger partial charge in [0, 0.05) is 5.39 Å². The smallest absolute Gasteiger partial charge is 0.134 e. The lowest BCUT2D eigenvalue weighted by molar-refractivity contribution is 0.104. The first kappa shape index (κ1) is 9.28. The highest BCUT2D eigenvalue weighted by Crippen LogP contribution is 2.27. The van der Waals surface area contributed by atoms with Crippen LogP contribution in [0.4, 0.5) is 0 Å². The van der Waals surface area contributed by atoms with Crippen molar-refractivity contribution in [2.45, 2.75) is 20.0 Å². The van der Waals surface area contributed by atoms with Crippen molar-refractivity contribution in [3.8, 4) is 0 Å². The van der Waals surface area contributed by atoms with E-state index in [1.165, 1.54) is 0 Å². The standard InChI is InChI=1S/C12H14O2/c1-8(2)12(13)11-7-9-5-3-4-6-10(9)14-11/h3-8,12-13H,1-2H3. The zero-order valence-corrected chi connectivity index (χ0v) is 8.40. The van der Waals surface area contributed by atoms with Crippen molar-refractivity contribution in [3.05, 3.63) is 36.1 Å². The fourth-order valence-electron chi connectivity index (χ4n) is 1.48. The molecule has 2 rings (SSSR count). The highest BCUT2D eigenvalue weighted by Gasteiger charge is 2.16. The predicted octanol–water partition coefficient (Wildman–Crippen LogP) is 3.12. The van der Waals surface area contributed by atoms with E-state index in [-0.39, 0.29) is 5.92 Å². The molecule has 1 aromatic carbocycles. The van der Waals surface area contributed by atoms with Crippen LogP contribution in [-0.4, -0.2) is 5.11 Å². The van der Waals surface area contributed by atoms with Crippen LogP contribution in [0.5, 0.6) is 0 Å². The van der Waals surface area contributed by atoms with Crippen LogP contribution in [0.3, 0.4) is 0 Å². The van der Waals surface area contributed by atoms with Gasteiger partial charge in [-0.2, -0.15) is 0 Å². The van der Waals surface area contributed by atoms with E-state index in [4.69, 9.17) is 4.42 Å². The topological polar surface area (TPSA) is 33.4 Å². The molecule has 0 aliphatic rings. The number of benzene rings is 1. The summed E-state index contributed by atoms with van der Waals surface area (Å²) in [6.45, 7) is 3.94. The molecule has 0 amide bonds. The fourth-order valence-corrected chi connectivity index (χ4v) is 1.48. The molecule has 1 heterocycles. The highest BCUT2D eigenvalue weighted by atomic mass is 16.4. The average Bonchev–Trinajstić information content (AvgIpc) is 2.59. The second-order valence-electron chi connectivity index (χ2n) is 3.88. The average molecular weight is 190 g/mol. The van der Waals surface area contributed by atoms with E-state index in [1.807, 2.05) is 44.2 Å². The lowest BCUT2D eigenvalue weighted by atomic mass is 10.1. The molecule has 0 bridgehead atoms. The summed E-state index contributed by atoms with van der Waals surface area (Å²) in [5.74, 6) is 0.830.